The Labute approximate surface area is 144 Å². The Bertz CT molecular complexity index is 892. The molecule has 4 atom stereocenters. The van der Waals surface area contributed by atoms with Crippen molar-refractivity contribution < 1.29 is 9.52 Å². The van der Waals surface area contributed by atoms with Gasteiger partial charge in [-0.25, -0.2) is 15.0 Å². The molecule has 2 fully saturated rings. The van der Waals surface area contributed by atoms with E-state index in [1.807, 2.05) is 17.7 Å². The fourth-order valence-corrected chi connectivity index (χ4v) is 4.44. The van der Waals surface area contributed by atoms with Crippen LogP contribution in [-0.2, 0) is 0 Å². The van der Waals surface area contributed by atoms with Crippen molar-refractivity contribution in [2.24, 2.45) is 11.8 Å². The molecule has 25 heavy (non-hydrogen) atoms. The van der Waals surface area contributed by atoms with E-state index in [0.29, 0.717) is 23.4 Å². The van der Waals surface area contributed by atoms with E-state index in [1.54, 1.807) is 12.5 Å². The number of aryl methyl sites for hydroxylation is 1. The lowest BCUT2D eigenvalue weighted by Crippen LogP contribution is -2.35. The van der Waals surface area contributed by atoms with Crippen LogP contribution < -0.4 is 4.90 Å². The molecule has 1 aliphatic carbocycles. The van der Waals surface area contributed by atoms with Gasteiger partial charge in [-0.15, -0.1) is 0 Å². The molecule has 0 amide bonds. The Morgan fingerprint density at radius 3 is 2.84 bits per heavy atom. The normalized spacial score (nSPS) is 29.3. The van der Waals surface area contributed by atoms with E-state index < -0.39 is 0 Å². The molecule has 3 aromatic rings. The van der Waals surface area contributed by atoms with Crippen molar-refractivity contribution in [3.8, 4) is 0 Å². The number of aromatic nitrogens is 5. The summed E-state index contributed by atoms with van der Waals surface area (Å²) in [6.07, 6.45) is 8.45. The third-order valence-electron chi connectivity index (χ3n) is 5.60. The molecule has 5 rings (SSSR count). The first-order chi connectivity index (χ1) is 12.2. The van der Waals surface area contributed by atoms with Crippen LogP contribution in [0.15, 0.2) is 29.5 Å². The Kier molecular flexibility index (Phi) is 3.27. The number of imidazole rings is 1. The van der Waals surface area contributed by atoms with Crippen molar-refractivity contribution in [1.82, 2.24) is 24.5 Å². The fourth-order valence-electron chi connectivity index (χ4n) is 4.44. The second kappa shape index (κ2) is 5.52. The summed E-state index contributed by atoms with van der Waals surface area (Å²) in [6, 6.07) is 0.100. The van der Waals surface area contributed by atoms with Crippen molar-refractivity contribution in [3.05, 3.63) is 30.9 Å². The number of fused-ring (bicyclic) bond motifs is 2. The van der Waals surface area contributed by atoms with Crippen LogP contribution in [0, 0.1) is 18.8 Å². The molecular weight excluding hydrogens is 320 g/mol. The zero-order chi connectivity index (χ0) is 17.0. The largest absolute Gasteiger partial charge is 0.422 e. The molecule has 1 N–H and O–H groups in total. The first kappa shape index (κ1) is 14.8. The predicted octanol–water partition coefficient (Wildman–Crippen LogP) is 1.57. The van der Waals surface area contributed by atoms with Gasteiger partial charge >= 0.3 is 0 Å². The lowest BCUT2D eigenvalue weighted by Gasteiger charge is -2.35. The zero-order valence-electron chi connectivity index (χ0n) is 14.0. The average molecular weight is 340 g/mol. The Hall–Kier alpha value is -2.48. The Balaban J connectivity index is 1.42. The maximum absolute atomic E-state index is 10.6. The molecule has 0 unspecified atom stereocenters. The third kappa shape index (κ3) is 2.39. The van der Waals surface area contributed by atoms with Gasteiger partial charge in [0.1, 0.15) is 6.33 Å². The van der Waals surface area contributed by atoms with Crippen molar-refractivity contribution in [3.63, 3.8) is 0 Å². The van der Waals surface area contributed by atoms with Crippen LogP contribution >= 0.6 is 0 Å². The lowest BCUT2D eigenvalue weighted by molar-refractivity contribution is 0.0358. The molecule has 0 aromatic carbocycles. The van der Waals surface area contributed by atoms with Gasteiger partial charge in [0.2, 0.25) is 0 Å². The highest BCUT2D eigenvalue weighted by Gasteiger charge is 2.43. The highest BCUT2D eigenvalue weighted by atomic mass is 16.4. The van der Waals surface area contributed by atoms with Crippen LogP contribution in [-0.4, -0.2) is 48.8 Å². The number of aliphatic hydroxyl groups is 1. The molecule has 1 saturated carbocycles. The van der Waals surface area contributed by atoms with Crippen LogP contribution in [0.3, 0.4) is 0 Å². The van der Waals surface area contributed by atoms with Gasteiger partial charge in [-0.05, 0) is 24.7 Å². The van der Waals surface area contributed by atoms with Crippen LogP contribution in [0.1, 0.15) is 24.8 Å². The van der Waals surface area contributed by atoms with Gasteiger partial charge in [0.15, 0.2) is 17.2 Å². The summed E-state index contributed by atoms with van der Waals surface area (Å²) in [7, 11) is 0. The van der Waals surface area contributed by atoms with Gasteiger partial charge < -0.3 is 19.0 Å². The maximum Gasteiger partial charge on any atom is 0.252 e. The minimum Gasteiger partial charge on any atom is -0.422 e. The molecule has 3 aromatic heterocycles. The molecule has 0 radical (unpaired) electrons. The van der Waals surface area contributed by atoms with Crippen LogP contribution in [0.4, 0.5) is 5.82 Å². The standard InChI is InChI=1S/C17H20N6O2/c1-10-21-15-16(19-8-20-17(15)25-10)23-6-11-4-13(22-3-2-18-9-22)14(24)5-12(11)7-23/h2-3,8-9,11-14,24H,4-7H2,1H3/t11-,12+,13-,14-/m1/s1. The number of rotatable bonds is 2. The minimum atomic E-state index is -0.338. The van der Waals surface area contributed by atoms with Crippen molar-refractivity contribution >= 4 is 17.0 Å². The number of hydrogen-bond acceptors (Lipinski definition) is 7. The second-order valence-electron chi connectivity index (χ2n) is 7.13. The van der Waals surface area contributed by atoms with Gasteiger partial charge in [0.25, 0.3) is 5.71 Å². The van der Waals surface area contributed by atoms with Crippen LogP contribution in [0.2, 0.25) is 0 Å². The summed E-state index contributed by atoms with van der Waals surface area (Å²) < 4.78 is 7.57. The van der Waals surface area contributed by atoms with Crippen LogP contribution in [0.25, 0.3) is 11.2 Å². The van der Waals surface area contributed by atoms with E-state index >= 15 is 0 Å². The average Bonchev–Trinajstić information content (AvgIpc) is 3.31. The van der Waals surface area contributed by atoms with E-state index in [0.717, 1.165) is 37.3 Å². The predicted molar refractivity (Wildman–Crippen MR) is 90.0 cm³/mol. The van der Waals surface area contributed by atoms with Gasteiger partial charge in [-0.3, -0.25) is 0 Å². The number of hydrogen-bond donors (Lipinski definition) is 1. The summed E-state index contributed by atoms with van der Waals surface area (Å²) in [5, 5.41) is 10.6. The van der Waals surface area contributed by atoms with Crippen molar-refractivity contribution in [1.29, 1.82) is 0 Å². The lowest BCUT2D eigenvalue weighted by atomic mass is 9.77. The molecular formula is C17H20N6O2. The fraction of sp³-hybridized carbons (Fsp3) is 0.529. The molecule has 1 saturated heterocycles. The molecule has 8 nitrogen and oxygen atoms in total. The molecule has 4 heterocycles. The number of aliphatic hydroxyl groups excluding tert-OH is 1. The van der Waals surface area contributed by atoms with Gasteiger partial charge in [-0.1, -0.05) is 0 Å². The van der Waals surface area contributed by atoms with Crippen molar-refractivity contribution in [2.45, 2.75) is 31.9 Å². The summed E-state index contributed by atoms with van der Waals surface area (Å²) in [6.45, 7) is 3.62. The second-order valence-corrected chi connectivity index (χ2v) is 7.13. The summed E-state index contributed by atoms with van der Waals surface area (Å²) in [5.41, 5.74) is 1.26. The number of nitrogens with zero attached hydrogens (tertiary/aromatic N) is 6. The number of oxazole rings is 1. The topological polar surface area (TPSA) is 93.1 Å². The first-order valence-corrected chi connectivity index (χ1v) is 8.67. The quantitative estimate of drug-likeness (QED) is 0.757. The van der Waals surface area contributed by atoms with Gasteiger partial charge in [-0.2, -0.15) is 4.98 Å². The van der Waals surface area contributed by atoms with E-state index in [1.165, 1.54) is 6.33 Å². The molecule has 130 valence electrons. The molecule has 1 aliphatic heterocycles. The van der Waals surface area contributed by atoms with E-state index in [9.17, 15) is 5.11 Å². The summed E-state index contributed by atoms with van der Waals surface area (Å²) >= 11 is 0. The Morgan fingerprint density at radius 2 is 2.04 bits per heavy atom. The first-order valence-electron chi connectivity index (χ1n) is 8.67. The zero-order valence-corrected chi connectivity index (χ0v) is 14.0. The summed E-state index contributed by atoms with van der Waals surface area (Å²) in [4.78, 5) is 19.5. The van der Waals surface area contributed by atoms with Crippen LogP contribution in [0.5, 0.6) is 0 Å². The minimum absolute atomic E-state index is 0.100. The monoisotopic (exact) mass is 340 g/mol. The Morgan fingerprint density at radius 1 is 1.20 bits per heavy atom. The van der Waals surface area contributed by atoms with E-state index in [4.69, 9.17) is 4.42 Å². The van der Waals surface area contributed by atoms with Crippen molar-refractivity contribution in [2.75, 3.05) is 18.0 Å². The SMILES string of the molecule is Cc1nc2c(N3C[C@H]4C[C@@H](n5ccnc5)[C@H](O)C[C@H]4C3)ncnc2o1. The molecule has 2 aliphatic rings. The third-order valence-corrected chi connectivity index (χ3v) is 5.60. The van der Waals surface area contributed by atoms with Gasteiger partial charge in [0.05, 0.1) is 18.5 Å². The van der Waals surface area contributed by atoms with Gasteiger partial charge in [0, 0.05) is 32.4 Å². The van der Waals surface area contributed by atoms with E-state index in [-0.39, 0.29) is 12.1 Å². The molecule has 8 heteroatoms. The van der Waals surface area contributed by atoms with E-state index in [2.05, 4.69) is 24.8 Å². The highest BCUT2D eigenvalue weighted by molar-refractivity contribution is 5.81. The summed E-state index contributed by atoms with van der Waals surface area (Å²) in [5.74, 6) is 2.43. The molecule has 0 bridgehead atoms. The maximum atomic E-state index is 10.6. The number of anilines is 1. The smallest absolute Gasteiger partial charge is 0.252 e. The molecule has 0 spiro atoms. The highest BCUT2D eigenvalue weighted by Crippen LogP contribution is 2.42.